The number of carbonyl (C=O) groups is 2. The molecule has 7 heteroatoms. The van der Waals surface area contributed by atoms with Crippen molar-refractivity contribution in [3.63, 3.8) is 0 Å². The molecule has 0 saturated carbocycles. The fraction of sp³-hybridized carbons (Fsp3) is 0.333. The minimum Gasteiger partial charge on any atom is -0.364 e. The van der Waals surface area contributed by atoms with E-state index in [1.54, 1.807) is 39.0 Å². The summed E-state index contributed by atoms with van der Waals surface area (Å²) >= 11 is 13.3. The standard InChI is InChI=1S/C21H23Cl2NO3S/c1-13(2)19(25)21(28-18-10-16(22)9-17(23)11-18)24-20(26)14(3)27-12-15-7-5-4-6-8-15/h4-11,13-14,21H,12H2,1-3H3,(H,24,26). The summed E-state index contributed by atoms with van der Waals surface area (Å²) in [6.07, 6.45) is -0.703. The van der Waals surface area contributed by atoms with Crippen LogP contribution < -0.4 is 5.32 Å². The quantitative estimate of drug-likeness (QED) is 0.422. The van der Waals surface area contributed by atoms with Crippen molar-refractivity contribution in [1.29, 1.82) is 0 Å². The van der Waals surface area contributed by atoms with E-state index in [1.165, 1.54) is 11.8 Å². The van der Waals surface area contributed by atoms with E-state index >= 15 is 0 Å². The molecule has 0 fully saturated rings. The molecule has 0 aliphatic heterocycles. The molecule has 0 spiro atoms. The van der Waals surface area contributed by atoms with E-state index in [0.717, 1.165) is 5.56 Å². The van der Waals surface area contributed by atoms with Crippen molar-refractivity contribution in [2.24, 2.45) is 5.92 Å². The Hall–Kier alpha value is -1.53. The van der Waals surface area contributed by atoms with Gasteiger partial charge in [-0.1, -0.05) is 79.1 Å². The van der Waals surface area contributed by atoms with E-state index < -0.39 is 11.5 Å². The van der Waals surface area contributed by atoms with Gasteiger partial charge in [-0.15, -0.1) is 0 Å². The summed E-state index contributed by atoms with van der Waals surface area (Å²) < 4.78 is 5.64. The van der Waals surface area contributed by atoms with Crippen LogP contribution in [-0.2, 0) is 20.9 Å². The van der Waals surface area contributed by atoms with Gasteiger partial charge < -0.3 is 10.1 Å². The van der Waals surface area contributed by atoms with Crippen LogP contribution in [0.2, 0.25) is 10.0 Å². The Balaban J connectivity index is 2.04. The molecular weight excluding hydrogens is 417 g/mol. The SMILES string of the molecule is CC(C)C(=O)C(NC(=O)C(C)OCc1ccccc1)Sc1cc(Cl)cc(Cl)c1. The molecule has 1 amide bonds. The number of halogens is 2. The molecule has 0 bridgehead atoms. The molecule has 0 saturated heterocycles. The second-order valence-electron chi connectivity index (χ2n) is 6.61. The van der Waals surface area contributed by atoms with Gasteiger partial charge in [-0.05, 0) is 30.7 Å². The van der Waals surface area contributed by atoms with Gasteiger partial charge in [-0.25, -0.2) is 0 Å². The maximum absolute atomic E-state index is 12.6. The highest BCUT2D eigenvalue weighted by molar-refractivity contribution is 8.00. The highest BCUT2D eigenvalue weighted by atomic mass is 35.5. The van der Waals surface area contributed by atoms with Crippen LogP contribution in [0.1, 0.15) is 26.3 Å². The van der Waals surface area contributed by atoms with Crippen molar-refractivity contribution in [3.05, 3.63) is 64.1 Å². The summed E-state index contributed by atoms with van der Waals surface area (Å²) in [4.78, 5) is 25.9. The number of ketones is 1. The minimum atomic E-state index is -0.759. The van der Waals surface area contributed by atoms with Gasteiger partial charge in [0.15, 0.2) is 5.78 Å². The molecule has 2 aromatic rings. The zero-order chi connectivity index (χ0) is 20.7. The maximum Gasteiger partial charge on any atom is 0.250 e. The van der Waals surface area contributed by atoms with Crippen molar-refractivity contribution in [2.75, 3.05) is 0 Å². The van der Waals surface area contributed by atoms with E-state index in [-0.39, 0.29) is 17.6 Å². The second-order valence-corrected chi connectivity index (χ2v) is 8.66. The number of ether oxygens (including phenoxy) is 1. The molecule has 28 heavy (non-hydrogen) atoms. The lowest BCUT2D eigenvalue weighted by Crippen LogP contribution is -2.44. The van der Waals surface area contributed by atoms with Crippen LogP contribution in [0.15, 0.2) is 53.4 Å². The van der Waals surface area contributed by atoms with E-state index in [0.29, 0.717) is 21.5 Å². The molecule has 2 unspecified atom stereocenters. The number of nitrogens with one attached hydrogen (secondary N) is 1. The molecule has 2 aromatic carbocycles. The molecule has 0 aromatic heterocycles. The molecule has 2 atom stereocenters. The number of rotatable bonds is 9. The number of carbonyl (C=O) groups excluding carboxylic acids is 2. The van der Waals surface area contributed by atoms with Crippen LogP contribution in [-0.4, -0.2) is 23.2 Å². The fourth-order valence-corrected chi connectivity index (χ4v) is 4.19. The summed E-state index contributed by atoms with van der Waals surface area (Å²) in [6.45, 7) is 5.57. The predicted octanol–water partition coefficient (Wildman–Crippen LogP) is 5.36. The molecule has 0 aliphatic rings. The van der Waals surface area contributed by atoms with Gasteiger partial charge >= 0.3 is 0 Å². The maximum atomic E-state index is 12.6. The van der Waals surface area contributed by atoms with Gasteiger partial charge in [0.2, 0.25) is 5.91 Å². The summed E-state index contributed by atoms with van der Waals surface area (Å²) in [6, 6.07) is 14.6. The number of hydrogen-bond donors (Lipinski definition) is 1. The largest absolute Gasteiger partial charge is 0.364 e. The number of benzene rings is 2. The molecule has 2 rings (SSSR count). The fourth-order valence-electron chi connectivity index (χ4n) is 2.31. The van der Waals surface area contributed by atoms with Crippen molar-refractivity contribution in [1.82, 2.24) is 5.32 Å². The Labute approximate surface area is 179 Å². The summed E-state index contributed by atoms with van der Waals surface area (Å²) in [5, 5.41) is 2.96. The molecular formula is C21H23Cl2NO3S. The van der Waals surface area contributed by atoms with Crippen LogP contribution in [0.3, 0.4) is 0 Å². The highest BCUT2D eigenvalue weighted by Gasteiger charge is 2.26. The monoisotopic (exact) mass is 439 g/mol. The first-order chi connectivity index (χ1) is 13.3. The molecule has 0 heterocycles. The van der Waals surface area contributed by atoms with Crippen LogP contribution in [0, 0.1) is 5.92 Å². The van der Waals surface area contributed by atoms with Crippen LogP contribution in [0.4, 0.5) is 0 Å². The van der Waals surface area contributed by atoms with E-state index in [9.17, 15) is 9.59 Å². The minimum absolute atomic E-state index is 0.0929. The Morgan fingerprint density at radius 2 is 1.64 bits per heavy atom. The third kappa shape index (κ3) is 7.13. The average molecular weight is 440 g/mol. The Bertz CT molecular complexity index is 794. The topological polar surface area (TPSA) is 55.4 Å². The third-order valence-corrected chi connectivity index (χ3v) is 5.43. The van der Waals surface area contributed by atoms with Gasteiger partial charge in [0.05, 0.1) is 6.61 Å². The zero-order valence-electron chi connectivity index (χ0n) is 15.9. The first kappa shape index (κ1) is 22.8. The summed E-state index contributed by atoms with van der Waals surface area (Å²) in [5.41, 5.74) is 0.972. The van der Waals surface area contributed by atoms with Gasteiger partial charge in [-0.2, -0.15) is 0 Å². The van der Waals surface area contributed by atoms with Gasteiger partial charge in [-0.3, -0.25) is 9.59 Å². The number of hydrogen-bond acceptors (Lipinski definition) is 4. The lowest BCUT2D eigenvalue weighted by atomic mass is 10.1. The van der Waals surface area contributed by atoms with Gasteiger partial charge in [0.1, 0.15) is 11.5 Å². The molecule has 0 radical (unpaired) electrons. The van der Waals surface area contributed by atoms with Crippen LogP contribution >= 0.6 is 35.0 Å². The Morgan fingerprint density at radius 3 is 2.21 bits per heavy atom. The smallest absolute Gasteiger partial charge is 0.250 e. The highest BCUT2D eigenvalue weighted by Crippen LogP contribution is 2.30. The van der Waals surface area contributed by atoms with Crippen LogP contribution in [0.5, 0.6) is 0 Å². The van der Waals surface area contributed by atoms with Crippen molar-refractivity contribution in [2.45, 2.75) is 43.8 Å². The normalized spacial score (nSPS) is 13.2. The summed E-state index contributed by atoms with van der Waals surface area (Å²) in [7, 11) is 0. The lowest BCUT2D eigenvalue weighted by molar-refractivity contribution is -0.135. The molecule has 0 aliphatic carbocycles. The van der Waals surface area contributed by atoms with Gasteiger partial charge in [0.25, 0.3) is 0 Å². The predicted molar refractivity (Wildman–Crippen MR) is 115 cm³/mol. The van der Waals surface area contributed by atoms with Crippen LogP contribution in [0.25, 0.3) is 0 Å². The van der Waals surface area contributed by atoms with E-state index in [4.69, 9.17) is 27.9 Å². The second kappa shape index (κ2) is 10.9. The van der Waals surface area contributed by atoms with E-state index in [1.807, 2.05) is 30.3 Å². The first-order valence-corrected chi connectivity index (χ1v) is 10.5. The molecule has 150 valence electrons. The summed E-state index contributed by atoms with van der Waals surface area (Å²) in [5.74, 6) is -0.687. The Morgan fingerprint density at radius 1 is 1.04 bits per heavy atom. The number of amides is 1. The lowest BCUT2D eigenvalue weighted by Gasteiger charge is -2.21. The number of thioether (sulfide) groups is 1. The number of Topliss-reactive ketones (excluding diaryl/α,β-unsaturated/α-hetero) is 1. The van der Waals surface area contributed by atoms with E-state index in [2.05, 4.69) is 5.32 Å². The van der Waals surface area contributed by atoms with Crippen molar-refractivity contribution in [3.8, 4) is 0 Å². The molecule has 4 nitrogen and oxygen atoms in total. The first-order valence-electron chi connectivity index (χ1n) is 8.88. The average Bonchev–Trinajstić information content (AvgIpc) is 2.64. The molecule has 1 N–H and O–H groups in total. The van der Waals surface area contributed by atoms with Crippen molar-refractivity contribution >= 4 is 46.7 Å². The van der Waals surface area contributed by atoms with Crippen molar-refractivity contribution < 1.29 is 14.3 Å². The third-order valence-electron chi connectivity index (χ3n) is 3.90. The zero-order valence-corrected chi connectivity index (χ0v) is 18.3. The Kier molecular flexibility index (Phi) is 8.83. The van der Waals surface area contributed by atoms with Gasteiger partial charge in [0, 0.05) is 20.9 Å².